The Balaban J connectivity index is 1.45. The van der Waals surface area contributed by atoms with Crippen molar-refractivity contribution in [2.24, 2.45) is 4.40 Å². The number of hydrogen-bond donors (Lipinski definition) is 1. The molecule has 0 saturated carbocycles. The normalized spacial score (nSPS) is 24.7. The van der Waals surface area contributed by atoms with Crippen molar-refractivity contribution in [3.05, 3.63) is 40.4 Å². The smallest absolute Gasteiger partial charge is 0.285 e. The second kappa shape index (κ2) is 8.08. The minimum atomic E-state index is -3.77. The molecule has 1 aromatic carbocycles. The van der Waals surface area contributed by atoms with Crippen LogP contribution in [-0.2, 0) is 19.6 Å². The third-order valence-electron chi connectivity index (χ3n) is 5.59. The number of nitrogens with one attached hydrogen (secondary N) is 1. The van der Waals surface area contributed by atoms with Gasteiger partial charge in [0.25, 0.3) is 10.0 Å². The molecule has 2 saturated heterocycles. The lowest BCUT2D eigenvalue weighted by molar-refractivity contribution is -0.131. The molecule has 0 radical (unpaired) electrons. The fraction of sp³-hybridized carbons (Fsp3) is 0.500. The summed E-state index contributed by atoms with van der Waals surface area (Å²) in [5.74, 6) is 0.449. The Labute approximate surface area is 175 Å². The van der Waals surface area contributed by atoms with Crippen LogP contribution in [0.4, 0.5) is 0 Å². The number of sulfonamides is 1. The number of carbonyl (C=O) groups is 1. The van der Waals surface area contributed by atoms with Crippen molar-refractivity contribution in [1.82, 2.24) is 10.2 Å². The summed E-state index contributed by atoms with van der Waals surface area (Å²) in [5, 5.41) is 3.55. The number of hydrogen-bond acceptors (Lipinski definition) is 5. The van der Waals surface area contributed by atoms with Gasteiger partial charge in [0.2, 0.25) is 5.91 Å². The van der Waals surface area contributed by atoms with Crippen LogP contribution in [0.1, 0.15) is 38.2 Å². The summed E-state index contributed by atoms with van der Waals surface area (Å²) in [6, 6.07) is 6.88. The number of nitrogens with zero attached hydrogens (tertiary/aromatic N) is 2. The van der Waals surface area contributed by atoms with Crippen LogP contribution >= 0.6 is 11.6 Å². The molecule has 0 aromatic heterocycles. The average Bonchev–Trinajstić information content (AvgIpc) is 3.29. The minimum absolute atomic E-state index is 0.0407. The molecule has 0 spiro atoms. The van der Waals surface area contributed by atoms with Crippen molar-refractivity contribution in [2.75, 3.05) is 19.7 Å². The Kier molecular flexibility index (Phi) is 5.68. The molecule has 7 nitrogen and oxygen atoms in total. The molecule has 1 aromatic rings. The number of amides is 1. The van der Waals surface area contributed by atoms with Crippen LogP contribution in [0.25, 0.3) is 4.91 Å². The summed E-state index contributed by atoms with van der Waals surface area (Å²) in [7, 11) is -3.77. The lowest BCUT2D eigenvalue weighted by Gasteiger charge is -2.34. The molecule has 29 heavy (non-hydrogen) atoms. The van der Waals surface area contributed by atoms with Crippen molar-refractivity contribution in [2.45, 2.75) is 44.8 Å². The summed E-state index contributed by atoms with van der Waals surface area (Å²) in [5.41, 5.74) is 1.18. The molecular weight excluding hydrogens is 414 g/mol. The minimum Gasteiger partial charge on any atom is -0.368 e. The molecular formula is C20H24ClN3O4S. The highest BCUT2D eigenvalue weighted by atomic mass is 35.5. The molecule has 1 amide bonds. The van der Waals surface area contributed by atoms with Crippen LogP contribution in [0, 0.1) is 0 Å². The maximum atomic E-state index is 12.7. The first-order valence-electron chi connectivity index (χ1n) is 9.84. The van der Waals surface area contributed by atoms with Crippen LogP contribution < -0.4 is 5.32 Å². The van der Waals surface area contributed by atoms with E-state index in [4.69, 9.17) is 16.3 Å². The molecule has 0 unspecified atom stereocenters. The van der Waals surface area contributed by atoms with E-state index in [1.807, 2.05) is 4.90 Å². The zero-order chi connectivity index (χ0) is 20.6. The number of rotatable bonds is 3. The number of likely N-dealkylation sites (tertiary alicyclic amines) is 1. The van der Waals surface area contributed by atoms with E-state index in [2.05, 4.69) is 9.71 Å². The van der Waals surface area contributed by atoms with Gasteiger partial charge in [0, 0.05) is 36.3 Å². The zero-order valence-electron chi connectivity index (χ0n) is 16.2. The van der Waals surface area contributed by atoms with Gasteiger partial charge in [-0.15, -0.1) is 4.40 Å². The number of halogens is 1. The third-order valence-corrected chi connectivity index (χ3v) is 7.30. The van der Waals surface area contributed by atoms with Gasteiger partial charge in [0.15, 0.2) is 0 Å². The molecule has 0 bridgehead atoms. The summed E-state index contributed by atoms with van der Waals surface area (Å²) < 4.78 is 34.9. The second-order valence-corrected chi connectivity index (χ2v) is 9.60. The summed E-state index contributed by atoms with van der Waals surface area (Å²) >= 11 is 6.05. The molecule has 4 rings (SSSR count). The van der Waals surface area contributed by atoms with Gasteiger partial charge in [0.05, 0.1) is 0 Å². The van der Waals surface area contributed by atoms with Crippen molar-refractivity contribution in [1.29, 1.82) is 0 Å². The molecule has 3 aliphatic heterocycles. The largest absolute Gasteiger partial charge is 0.368 e. The highest BCUT2D eigenvalue weighted by molar-refractivity contribution is 8.00. The van der Waals surface area contributed by atoms with Crippen molar-refractivity contribution >= 4 is 38.3 Å². The van der Waals surface area contributed by atoms with Crippen LogP contribution in [-0.4, -0.2) is 56.9 Å². The van der Waals surface area contributed by atoms with Gasteiger partial charge in [-0.1, -0.05) is 23.7 Å². The van der Waals surface area contributed by atoms with Crippen molar-refractivity contribution < 1.29 is 17.9 Å². The van der Waals surface area contributed by atoms with Crippen LogP contribution in [0.15, 0.2) is 34.2 Å². The second-order valence-electron chi connectivity index (χ2n) is 7.63. The van der Waals surface area contributed by atoms with Gasteiger partial charge in [-0.25, -0.2) is 0 Å². The van der Waals surface area contributed by atoms with E-state index in [0.29, 0.717) is 41.7 Å². The molecule has 1 N–H and O–H groups in total. The molecule has 156 valence electrons. The predicted octanol–water partition coefficient (Wildman–Crippen LogP) is 2.57. The lowest BCUT2D eigenvalue weighted by Crippen LogP contribution is -2.48. The van der Waals surface area contributed by atoms with Gasteiger partial charge >= 0.3 is 0 Å². The summed E-state index contributed by atoms with van der Waals surface area (Å²) in [6.45, 7) is 3.69. The summed E-state index contributed by atoms with van der Waals surface area (Å²) in [4.78, 5) is 14.4. The quantitative estimate of drug-likeness (QED) is 0.785. The molecule has 2 fully saturated rings. The van der Waals surface area contributed by atoms with Gasteiger partial charge in [-0.2, -0.15) is 8.42 Å². The average molecular weight is 438 g/mol. The molecule has 9 heteroatoms. The van der Waals surface area contributed by atoms with Gasteiger partial charge < -0.3 is 15.0 Å². The number of ether oxygens (including phenoxy) is 1. The first-order chi connectivity index (χ1) is 13.8. The van der Waals surface area contributed by atoms with Crippen LogP contribution in [0.3, 0.4) is 0 Å². The Morgan fingerprint density at radius 2 is 2.03 bits per heavy atom. The Hall–Kier alpha value is -1.90. The topological polar surface area (TPSA) is 88.1 Å². The first-order valence-corrected chi connectivity index (χ1v) is 11.7. The standard InChI is InChI=1S/C20H24ClN3O4S/c1-13-18(14-4-2-5-15(21)12-14)29(26,27)23-19(13)24-9-7-16(8-10-24)22-20(25)17-6-3-11-28-17/h2,4-5,12,16-17H,3,6-11H2,1H3,(H,22,25)/t17-/m1/s1. The van der Waals surface area contributed by atoms with E-state index in [1.54, 1.807) is 31.2 Å². The fourth-order valence-corrected chi connectivity index (χ4v) is 5.79. The van der Waals surface area contributed by atoms with Crippen LogP contribution in [0.5, 0.6) is 0 Å². The highest BCUT2D eigenvalue weighted by Crippen LogP contribution is 2.35. The maximum absolute atomic E-state index is 12.7. The van der Waals surface area contributed by atoms with E-state index in [0.717, 1.165) is 25.7 Å². The predicted molar refractivity (Wildman–Crippen MR) is 112 cm³/mol. The van der Waals surface area contributed by atoms with Crippen molar-refractivity contribution in [3.8, 4) is 0 Å². The highest BCUT2D eigenvalue weighted by Gasteiger charge is 2.35. The number of amidine groups is 1. The maximum Gasteiger partial charge on any atom is 0.285 e. The van der Waals surface area contributed by atoms with E-state index in [-0.39, 0.29) is 23.0 Å². The van der Waals surface area contributed by atoms with Gasteiger partial charge in [-0.05, 0) is 50.3 Å². The lowest BCUT2D eigenvalue weighted by atomic mass is 10.0. The van der Waals surface area contributed by atoms with Gasteiger partial charge in [0.1, 0.15) is 16.8 Å². The number of carbonyl (C=O) groups excluding carboxylic acids is 1. The molecule has 1 atom stereocenters. The Morgan fingerprint density at radius 1 is 1.28 bits per heavy atom. The summed E-state index contributed by atoms with van der Waals surface area (Å²) in [6.07, 6.45) is 2.83. The number of piperidine rings is 1. The molecule has 0 aliphatic carbocycles. The fourth-order valence-electron chi connectivity index (χ4n) is 4.13. The molecule has 3 heterocycles. The zero-order valence-corrected chi connectivity index (χ0v) is 17.8. The van der Waals surface area contributed by atoms with Gasteiger partial charge in [-0.3, -0.25) is 4.79 Å². The Morgan fingerprint density at radius 3 is 2.69 bits per heavy atom. The van der Waals surface area contributed by atoms with E-state index < -0.39 is 10.0 Å². The SMILES string of the molecule is CC1=C(c2cccc(Cl)c2)S(=O)(=O)N=C1N1CCC(NC(=O)[C@H]2CCCO2)CC1. The molecule has 3 aliphatic rings. The van der Waals surface area contributed by atoms with E-state index in [9.17, 15) is 13.2 Å². The third kappa shape index (κ3) is 4.20. The van der Waals surface area contributed by atoms with E-state index in [1.165, 1.54) is 0 Å². The van der Waals surface area contributed by atoms with E-state index >= 15 is 0 Å². The van der Waals surface area contributed by atoms with Crippen LogP contribution in [0.2, 0.25) is 5.02 Å². The van der Waals surface area contributed by atoms with Crippen molar-refractivity contribution in [3.63, 3.8) is 0 Å². The number of benzene rings is 1. The Bertz CT molecular complexity index is 975. The monoisotopic (exact) mass is 437 g/mol. The first kappa shape index (κ1) is 20.4.